The highest BCUT2D eigenvalue weighted by Gasteiger charge is 2.29. The molecule has 0 spiro atoms. The second-order valence-electron chi connectivity index (χ2n) is 10.6. The Balaban J connectivity index is 1.48. The highest BCUT2D eigenvalue weighted by atomic mass is 16.5. The van der Waals surface area contributed by atoms with E-state index in [0.29, 0.717) is 62.5 Å². The zero-order valence-electron chi connectivity index (χ0n) is 23.2. The molecule has 2 aromatic carbocycles. The Morgan fingerprint density at radius 2 is 1.82 bits per heavy atom. The van der Waals surface area contributed by atoms with Crippen LogP contribution in [0.4, 0.5) is 0 Å². The van der Waals surface area contributed by atoms with E-state index >= 15 is 0 Å². The van der Waals surface area contributed by atoms with Crippen molar-refractivity contribution < 1.29 is 29.1 Å². The quantitative estimate of drug-likeness (QED) is 0.409. The van der Waals surface area contributed by atoms with E-state index in [2.05, 4.69) is 15.4 Å². The number of amides is 2. The maximum absolute atomic E-state index is 13.0. The van der Waals surface area contributed by atoms with Crippen LogP contribution in [0.2, 0.25) is 0 Å². The van der Waals surface area contributed by atoms with E-state index in [0.717, 1.165) is 29.8 Å². The van der Waals surface area contributed by atoms with Crippen molar-refractivity contribution >= 4 is 11.8 Å². The summed E-state index contributed by atoms with van der Waals surface area (Å²) in [5, 5.41) is 28.0. The third-order valence-electron chi connectivity index (χ3n) is 7.58. The van der Waals surface area contributed by atoms with Gasteiger partial charge in [-0.3, -0.25) is 14.5 Å². The molecule has 2 aliphatic heterocycles. The van der Waals surface area contributed by atoms with E-state index in [9.17, 15) is 19.8 Å². The van der Waals surface area contributed by atoms with Crippen molar-refractivity contribution in [3.8, 4) is 33.9 Å². The maximum Gasteiger partial charge on any atom is 0.274 e. The lowest BCUT2D eigenvalue weighted by molar-refractivity contribution is -0.134. The zero-order valence-corrected chi connectivity index (χ0v) is 23.2. The van der Waals surface area contributed by atoms with Gasteiger partial charge in [0.1, 0.15) is 11.5 Å². The van der Waals surface area contributed by atoms with Crippen LogP contribution in [0.15, 0.2) is 34.9 Å². The number of ether oxygens (including phenoxy) is 1. The number of morpholine rings is 1. The number of carbonyl (C=O) groups excluding carboxylic acids is 2. The van der Waals surface area contributed by atoms with Gasteiger partial charge in [-0.2, -0.15) is 0 Å². The second kappa shape index (κ2) is 11.7. The van der Waals surface area contributed by atoms with E-state index in [-0.39, 0.29) is 40.7 Å². The van der Waals surface area contributed by atoms with Crippen molar-refractivity contribution in [3.05, 3.63) is 52.7 Å². The van der Waals surface area contributed by atoms with Crippen LogP contribution in [0.1, 0.15) is 53.9 Å². The highest BCUT2D eigenvalue weighted by Crippen LogP contribution is 2.43. The molecule has 0 bridgehead atoms. The molecule has 3 N–H and O–H groups in total. The lowest BCUT2D eigenvalue weighted by atomic mass is 9.91. The minimum atomic E-state index is -0.382. The van der Waals surface area contributed by atoms with Gasteiger partial charge in [0.25, 0.3) is 5.91 Å². The van der Waals surface area contributed by atoms with Gasteiger partial charge in [0.05, 0.1) is 30.9 Å². The van der Waals surface area contributed by atoms with Crippen molar-refractivity contribution in [2.24, 2.45) is 0 Å². The van der Waals surface area contributed by atoms with Crippen molar-refractivity contribution in [2.75, 3.05) is 45.9 Å². The number of aromatic nitrogens is 1. The van der Waals surface area contributed by atoms with Crippen molar-refractivity contribution in [3.63, 3.8) is 0 Å². The summed E-state index contributed by atoms with van der Waals surface area (Å²) in [6.45, 7) is 10.5. The lowest BCUT2D eigenvalue weighted by Gasteiger charge is -2.32. The number of carbonyl (C=O) groups is 2. The van der Waals surface area contributed by atoms with Gasteiger partial charge in [0.15, 0.2) is 11.5 Å². The molecule has 1 fully saturated rings. The van der Waals surface area contributed by atoms with Crippen molar-refractivity contribution in [1.82, 2.24) is 20.3 Å². The summed E-state index contributed by atoms with van der Waals surface area (Å²) in [4.78, 5) is 30.0. The van der Waals surface area contributed by atoms with Crippen LogP contribution in [-0.4, -0.2) is 82.9 Å². The molecule has 5 rings (SSSR count). The molecule has 40 heavy (non-hydrogen) atoms. The van der Waals surface area contributed by atoms with Gasteiger partial charge >= 0.3 is 0 Å². The number of nitrogens with one attached hydrogen (secondary N) is 1. The first-order chi connectivity index (χ1) is 19.3. The SMILES string of the molecule is CCNC(=O)c1noc(-c2cc(C(C)C)c(O)cc2O)c1-c1ccc2c(c1)CCN(C(=O)CN1CCOCC1)C2. The van der Waals surface area contributed by atoms with Crippen LogP contribution in [-0.2, 0) is 22.5 Å². The average Bonchev–Trinajstić information content (AvgIpc) is 3.38. The molecule has 1 aromatic heterocycles. The van der Waals surface area contributed by atoms with Gasteiger partial charge in [-0.15, -0.1) is 0 Å². The number of hydrogen-bond donors (Lipinski definition) is 3. The predicted octanol–water partition coefficient (Wildman–Crippen LogP) is 3.51. The summed E-state index contributed by atoms with van der Waals surface area (Å²) in [7, 11) is 0. The second-order valence-corrected chi connectivity index (χ2v) is 10.6. The fraction of sp³-hybridized carbons (Fsp3) is 0.433. The first-order valence-corrected chi connectivity index (χ1v) is 13.8. The van der Waals surface area contributed by atoms with Crippen LogP contribution < -0.4 is 5.32 Å². The summed E-state index contributed by atoms with van der Waals surface area (Å²) in [5.74, 6) is -0.213. The van der Waals surface area contributed by atoms with Gasteiger partial charge in [-0.1, -0.05) is 37.2 Å². The largest absolute Gasteiger partial charge is 0.508 e. The Morgan fingerprint density at radius 1 is 1.05 bits per heavy atom. The average molecular weight is 549 g/mol. The Morgan fingerprint density at radius 3 is 2.55 bits per heavy atom. The van der Waals surface area contributed by atoms with E-state index in [1.165, 1.54) is 6.07 Å². The Labute approximate surface area is 233 Å². The molecule has 3 aromatic rings. The number of aromatic hydroxyl groups is 2. The summed E-state index contributed by atoms with van der Waals surface area (Å²) >= 11 is 0. The summed E-state index contributed by atoms with van der Waals surface area (Å²) < 4.78 is 11.1. The summed E-state index contributed by atoms with van der Waals surface area (Å²) in [5.41, 5.74) is 4.43. The van der Waals surface area contributed by atoms with Crippen LogP contribution in [0.5, 0.6) is 11.5 Å². The number of phenols is 2. The molecule has 1 saturated heterocycles. The molecular formula is C30H36N4O6. The third kappa shape index (κ3) is 5.55. The van der Waals surface area contributed by atoms with Gasteiger partial charge in [-0.25, -0.2) is 0 Å². The van der Waals surface area contributed by atoms with Crippen molar-refractivity contribution in [2.45, 2.75) is 39.7 Å². The Kier molecular flexibility index (Phi) is 8.09. The van der Waals surface area contributed by atoms with E-state index in [1.807, 2.05) is 43.9 Å². The fourth-order valence-corrected chi connectivity index (χ4v) is 5.35. The van der Waals surface area contributed by atoms with Crippen LogP contribution >= 0.6 is 0 Å². The standard InChI is InChI=1S/C30H36N4O6/c1-4-31-30(38)28-27(29(40-32-28)23-14-22(18(2)3)24(35)15-25(23)36)20-5-6-21-16-34(8-7-19(21)13-20)26(37)17-33-9-11-39-12-10-33/h5-6,13-15,18,35-36H,4,7-12,16-17H2,1-3H3,(H,31,38). The molecule has 0 atom stereocenters. The van der Waals surface area contributed by atoms with E-state index in [1.54, 1.807) is 6.07 Å². The molecule has 212 valence electrons. The molecule has 10 nitrogen and oxygen atoms in total. The molecular weight excluding hydrogens is 512 g/mol. The fourth-order valence-electron chi connectivity index (χ4n) is 5.35. The smallest absolute Gasteiger partial charge is 0.274 e. The number of hydrogen-bond acceptors (Lipinski definition) is 8. The molecule has 0 aliphatic carbocycles. The first-order valence-electron chi connectivity index (χ1n) is 13.8. The van der Waals surface area contributed by atoms with Crippen LogP contribution in [0.3, 0.4) is 0 Å². The summed E-state index contributed by atoms with van der Waals surface area (Å²) in [6, 6.07) is 8.86. The van der Waals surface area contributed by atoms with Crippen molar-refractivity contribution in [1.29, 1.82) is 0 Å². The van der Waals surface area contributed by atoms with E-state index in [4.69, 9.17) is 9.26 Å². The number of fused-ring (bicyclic) bond motifs is 1. The molecule has 0 saturated carbocycles. The topological polar surface area (TPSA) is 128 Å². The zero-order chi connectivity index (χ0) is 28.4. The molecule has 2 aliphatic rings. The van der Waals surface area contributed by atoms with Gasteiger partial charge < -0.3 is 29.7 Å². The Hall–Kier alpha value is -3.89. The summed E-state index contributed by atoms with van der Waals surface area (Å²) in [6.07, 6.45) is 0.678. The first kappa shape index (κ1) is 27.7. The molecule has 3 heterocycles. The molecule has 0 unspecified atom stereocenters. The predicted molar refractivity (Wildman–Crippen MR) is 149 cm³/mol. The maximum atomic E-state index is 13.0. The van der Waals surface area contributed by atoms with Crippen LogP contribution in [0, 0.1) is 0 Å². The van der Waals surface area contributed by atoms with Gasteiger partial charge in [-0.05, 0) is 47.6 Å². The van der Waals surface area contributed by atoms with Gasteiger partial charge in [0, 0.05) is 38.8 Å². The number of phenolic OH excluding ortho intramolecular Hbond substituents is 2. The molecule has 0 radical (unpaired) electrons. The number of rotatable bonds is 7. The van der Waals surface area contributed by atoms with Gasteiger partial charge in [0.2, 0.25) is 5.91 Å². The van der Waals surface area contributed by atoms with Crippen LogP contribution in [0.25, 0.3) is 22.5 Å². The molecule has 10 heteroatoms. The normalized spacial score (nSPS) is 15.8. The molecule has 2 amide bonds. The van der Waals surface area contributed by atoms with E-state index < -0.39 is 0 Å². The lowest BCUT2D eigenvalue weighted by Crippen LogP contribution is -2.46. The monoisotopic (exact) mass is 548 g/mol. The number of benzene rings is 2. The minimum Gasteiger partial charge on any atom is -0.508 e. The minimum absolute atomic E-state index is 0.00812. The highest BCUT2D eigenvalue weighted by molar-refractivity contribution is 6.02. The number of nitrogens with zero attached hydrogens (tertiary/aromatic N) is 3. The Bertz CT molecular complexity index is 1410. The third-order valence-corrected chi connectivity index (χ3v) is 7.58.